The Morgan fingerprint density at radius 3 is 3.00 bits per heavy atom. The van der Waals surface area contributed by atoms with Crippen molar-refractivity contribution in [1.82, 2.24) is 20.3 Å². The lowest BCUT2D eigenvalue weighted by Gasteiger charge is -2.15. The fourth-order valence-corrected chi connectivity index (χ4v) is 1.98. The first-order valence-corrected chi connectivity index (χ1v) is 6.37. The topological polar surface area (TPSA) is 80.0 Å². The molecule has 0 fully saturated rings. The van der Waals surface area contributed by atoms with Gasteiger partial charge in [0.05, 0.1) is 5.52 Å². The number of aromatic nitrogens is 3. The molecule has 6 heteroatoms. The molecule has 0 spiro atoms. The van der Waals surface area contributed by atoms with E-state index in [4.69, 9.17) is 5.11 Å². The van der Waals surface area contributed by atoms with Crippen molar-refractivity contribution in [3.63, 3.8) is 0 Å². The summed E-state index contributed by atoms with van der Waals surface area (Å²) in [6, 6.07) is 5.31. The zero-order valence-electron chi connectivity index (χ0n) is 11.1. The average Bonchev–Trinajstić information content (AvgIpc) is 2.79. The van der Waals surface area contributed by atoms with Crippen LogP contribution in [0.3, 0.4) is 0 Å². The number of fused-ring (bicyclic) bond motifs is 1. The Morgan fingerprint density at radius 1 is 1.53 bits per heavy atom. The first kappa shape index (κ1) is 13.5. The van der Waals surface area contributed by atoms with E-state index in [2.05, 4.69) is 15.6 Å². The molecular formula is C13H18N4O2. The molecule has 1 heterocycles. The van der Waals surface area contributed by atoms with Crippen LogP contribution in [-0.2, 0) is 7.05 Å². The van der Waals surface area contributed by atoms with Crippen LogP contribution in [-0.4, -0.2) is 38.7 Å². The SMILES string of the molecule is CCC(CCO)NC(=O)c1ccc2c(c1)nnn2C. The van der Waals surface area contributed by atoms with Crippen LogP contribution in [0.4, 0.5) is 0 Å². The smallest absolute Gasteiger partial charge is 0.251 e. The minimum absolute atomic E-state index is 0.00458. The average molecular weight is 262 g/mol. The Hall–Kier alpha value is -1.95. The number of aliphatic hydroxyl groups excluding tert-OH is 1. The Labute approximate surface area is 111 Å². The Bertz CT molecular complexity index is 579. The lowest BCUT2D eigenvalue weighted by molar-refractivity contribution is 0.0929. The Balaban J connectivity index is 2.16. The van der Waals surface area contributed by atoms with Crippen molar-refractivity contribution in [3.8, 4) is 0 Å². The monoisotopic (exact) mass is 262 g/mol. The molecule has 1 aromatic carbocycles. The number of nitrogens with one attached hydrogen (secondary N) is 1. The maximum absolute atomic E-state index is 12.1. The summed E-state index contributed by atoms with van der Waals surface area (Å²) in [6.45, 7) is 2.05. The van der Waals surface area contributed by atoms with Crippen molar-refractivity contribution in [1.29, 1.82) is 0 Å². The highest BCUT2D eigenvalue weighted by molar-refractivity contribution is 5.97. The fourth-order valence-electron chi connectivity index (χ4n) is 1.98. The maximum atomic E-state index is 12.1. The molecule has 2 N–H and O–H groups in total. The Morgan fingerprint density at radius 2 is 2.32 bits per heavy atom. The number of hydrogen-bond acceptors (Lipinski definition) is 4. The zero-order chi connectivity index (χ0) is 13.8. The van der Waals surface area contributed by atoms with Crippen LogP contribution in [0.15, 0.2) is 18.2 Å². The Kier molecular flexibility index (Phi) is 4.11. The number of aliphatic hydroxyl groups is 1. The quantitative estimate of drug-likeness (QED) is 0.837. The van der Waals surface area contributed by atoms with Gasteiger partial charge in [-0.3, -0.25) is 4.79 Å². The number of carbonyl (C=O) groups is 1. The predicted octanol–water partition coefficient (Wildman–Crippen LogP) is 0.859. The second-order valence-corrected chi connectivity index (χ2v) is 4.51. The van der Waals surface area contributed by atoms with E-state index >= 15 is 0 Å². The van der Waals surface area contributed by atoms with Crippen LogP contribution in [0.5, 0.6) is 0 Å². The summed E-state index contributed by atoms with van der Waals surface area (Å²) in [7, 11) is 1.81. The highest BCUT2D eigenvalue weighted by atomic mass is 16.3. The normalized spacial score (nSPS) is 12.6. The number of nitrogens with zero attached hydrogens (tertiary/aromatic N) is 3. The van der Waals surface area contributed by atoms with Crippen LogP contribution in [0.2, 0.25) is 0 Å². The number of rotatable bonds is 5. The van der Waals surface area contributed by atoms with Crippen molar-refractivity contribution in [2.24, 2.45) is 7.05 Å². The van der Waals surface area contributed by atoms with Gasteiger partial charge in [0.15, 0.2) is 0 Å². The van der Waals surface area contributed by atoms with Crippen molar-refractivity contribution in [3.05, 3.63) is 23.8 Å². The summed E-state index contributed by atoms with van der Waals surface area (Å²) in [5, 5.41) is 19.7. The number of amides is 1. The first-order chi connectivity index (χ1) is 9.15. The van der Waals surface area contributed by atoms with E-state index in [-0.39, 0.29) is 18.6 Å². The molecule has 1 aromatic heterocycles. The van der Waals surface area contributed by atoms with Gasteiger partial charge >= 0.3 is 0 Å². The van der Waals surface area contributed by atoms with Crippen LogP contribution < -0.4 is 5.32 Å². The summed E-state index contributed by atoms with van der Waals surface area (Å²) in [4.78, 5) is 12.1. The van der Waals surface area contributed by atoms with E-state index in [1.807, 2.05) is 20.0 Å². The molecule has 0 saturated heterocycles. The van der Waals surface area contributed by atoms with Gasteiger partial charge in [0.1, 0.15) is 5.52 Å². The van der Waals surface area contributed by atoms with E-state index in [1.165, 1.54) is 0 Å². The van der Waals surface area contributed by atoms with Gasteiger partial charge in [-0.25, -0.2) is 4.68 Å². The molecule has 6 nitrogen and oxygen atoms in total. The minimum Gasteiger partial charge on any atom is -0.396 e. The molecule has 0 radical (unpaired) electrons. The van der Waals surface area contributed by atoms with Crippen LogP contribution in [0.25, 0.3) is 11.0 Å². The molecule has 1 atom stereocenters. The van der Waals surface area contributed by atoms with E-state index < -0.39 is 0 Å². The largest absolute Gasteiger partial charge is 0.396 e. The fraction of sp³-hybridized carbons (Fsp3) is 0.462. The molecule has 0 aliphatic rings. The van der Waals surface area contributed by atoms with Crippen molar-refractivity contribution in [2.75, 3.05) is 6.61 Å². The van der Waals surface area contributed by atoms with Gasteiger partial charge in [-0.1, -0.05) is 12.1 Å². The maximum Gasteiger partial charge on any atom is 0.251 e. The lowest BCUT2D eigenvalue weighted by atomic mass is 10.1. The molecule has 0 saturated carbocycles. The van der Waals surface area contributed by atoms with Gasteiger partial charge in [0.2, 0.25) is 0 Å². The second-order valence-electron chi connectivity index (χ2n) is 4.51. The van der Waals surface area contributed by atoms with E-state index in [1.54, 1.807) is 16.8 Å². The van der Waals surface area contributed by atoms with Gasteiger partial charge in [-0.2, -0.15) is 0 Å². The van der Waals surface area contributed by atoms with E-state index in [0.29, 0.717) is 17.5 Å². The zero-order valence-corrected chi connectivity index (χ0v) is 11.1. The minimum atomic E-state index is -0.146. The first-order valence-electron chi connectivity index (χ1n) is 6.37. The number of aryl methyl sites for hydroxylation is 1. The van der Waals surface area contributed by atoms with Crippen LogP contribution >= 0.6 is 0 Å². The summed E-state index contributed by atoms with van der Waals surface area (Å²) in [5.74, 6) is -0.146. The van der Waals surface area contributed by atoms with Gasteiger partial charge < -0.3 is 10.4 Å². The third-order valence-electron chi connectivity index (χ3n) is 3.18. The van der Waals surface area contributed by atoms with Crippen molar-refractivity contribution >= 4 is 16.9 Å². The molecule has 1 amide bonds. The summed E-state index contributed by atoms with van der Waals surface area (Å²) in [6.07, 6.45) is 1.36. The summed E-state index contributed by atoms with van der Waals surface area (Å²) in [5.41, 5.74) is 2.15. The standard InChI is InChI=1S/C13H18N4O2/c1-3-10(6-7-18)14-13(19)9-4-5-12-11(8-9)15-16-17(12)2/h4-5,8,10,18H,3,6-7H2,1-2H3,(H,14,19). The number of hydrogen-bond donors (Lipinski definition) is 2. The van der Waals surface area contributed by atoms with E-state index in [0.717, 1.165) is 11.9 Å². The van der Waals surface area contributed by atoms with E-state index in [9.17, 15) is 4.79 Å². The lowest BCUT2D eigenvalue weighted by Crippen LogP contribution is -2.35. The molecule has 0 aliphatic carbocycles. The van der Waals surface area contributed by atoms with Gasteiger partial charge in [0, 0.05) is 25.3 Å². The van der Waals surface area contributed by atoms with Crippen molar-refractivity contribution in [2.45, 2.75) is 25.8 Å². The third-order valence-corrected chi connectivity index (χ3v) is 3.18. The highest BCUT2D eigenvalue weighted by Crippen LogP contribution is 2.13. The highest BCUT2D eigenvalue weighted by Gasteiger charge is 2.13. The second kappa shape index (κ2) is 5.79. The summed E-state index contributed by atoms with van der Waals surface area (Å²) < 4.78 is 1.66. The van der Waals surface area contributed by atoms with Crippen molar-refractivity contribution < 1.29 is 9.90 Å². The van der Waals surface area contributed by atoms with Crippen LogP contribution in [0, 0.1) is 0 Å². The predicted molar refractivity (Wildman–Crippen MR) is 71.8 cm³/mol. The molecule has 0 aliphatic heterocycles. The summed E-state index contributed by atoms with van der Waals surface area (Å²) >= 11 is 0. The molecule has 2 rings (SSSR count). The molecule has 1 unspecified atom stereocenters. The third kappa shape index (κ3) is 2.90. The number of carbonyl (C=O) groups excluding carboxylic acids is 1. The molecule has 0 bridgehead atoms. The van der Waals surface area contributed by atoms with Gasteiger partial charge in [-0.15, -0.1) is 5.10 Å². The molecule has 2 aromatic rings. The molecular weight excluding hydrogens is 244 g/mol. The van der Waals surface area contributed by atoms with Gasteiger partial charge in [-0.05, 0) is 31.0 Å². The molecule has 102 valence electrons. The van der Waals surface area contributed by atoms with Crippen LogP contribution in [0.1, 0.15) is 30.1 Å². The number of benzene rings is 1. The molecule has 19 heavy (non-hydrogen) atoms. The van der Waals surface area contributed by atoms with Gasteiger partial charge in [0.25, 0.3) is 5.91 Å².